The van der Waals surface area contributed by atoms with Crippen LogP contribution < -0.4 is 15.4 Å². The zero-order chi connectivity index (χ0) is 29.1. The smallest absolute Gasteiger partial charge is 0.416 e. The number of alkyl halides is 3. The average molecular weight is 568 g/mol. The van der Waals surface area contributed by atoms with Crippen molar-refractivity contribution in [1.82, 2.24) is 24.6 Å². The Bertz CT molecular complexity index is 1860. The lowest BCUT2D eigenvalue weighted by atomic mass is 10.0. The molecule has 0 radical (unpaired) electrons. The molecule has 0 spiro atoms. The first kappa shape index (κ1) is 26.4. The number of rotatable bonds is 6. The molecule has 0 aliphatic heterocycles. The molecule has 2 aromatic carbocycles. The lowest BCUT2D eigenvalue weighted by Gasteiger charge is -2.15. The molecule has 4 aromatic heterocycles. The predicted octanol–water partition coefficient (Wildman–Crippen LogP) is 7.31. The van der Waals surface area contributed by atoms with E-state index in [1.807, 2.05) is 36.5 Å². The van der Waals surface area contributed by atoms with Crippen molar-refractivity contribution >= 4 is 22.9 Å². The van der Waals surface area contributed by atoms with E-state index in [4.69, 9.17) is 4.74 Å². The molecule has 42 heavy (non-hydrogen) atoms. The number of urea groups is 1. The molecule has 208 valence electrons. The lowest BCUT2D eigenvalue weighted by molar-refractivity contribution is -0.137. The van der Waals surface area contributed by atoms with E-state index in [-0.39, 0.29) is 17.4 Å². The number of hydrogen-bond acceptors (Lipinski definition) is 6. The molecule has 2 N–H and O–H groups in total. The van der Waals surface area contributed by atoms with Gasteiger partial charge in [0.1, 0.15) is 5.75 Å². The van der Waals surface area contributed by atoms with Crippen molar-refractivity contribution in [1.29, 1.82) is 0 Å². The van der Waals surface area contributed by atoms with Crippen LogP contribution in [0.2, 0.25) is 0 Å². The Morgan fingerprint density at radius 3 is 2.36 bits per heavy atom. The van der Waals surface area contributed by atoms with Crippen molar-refractivity contribution < 1.29 is 22.7 Å². The van der Waals surface area contributed by atoms with E-state index in [1.54, 1.807) is 41.2 Å². The third-order valence-electron chi connectivity index (χ3n) is 6.25. The number of carbonyl (C=O) groups excluding carboxylic acids is 1. The summed E-state index contributed by atoms with van der Waals surface area (Å²) in [5.41, 5.74) is 3.09. The number of ether oxygens (including phenoxy) is 1. The first-order valence-electron chi connectivity index (χ1n) is 12.6. The zero-order valence-corrected chi connectivity index (χ0v) is 21.6. The lowest BCUT2D eigenvalue weighted by Crippen LogP contribution is -2.20. The molecule has 2 amide bonds. The Balaban J connectivity index is 1.12. The van der Waals surface area contributed by atoms with Gasteiger partial charge in [0.15, 0.2) is 0 Å². The number of carbonyl (C=O) groups is 1. The zero-order valence-electron chi connectivity index (χ0n) is 21.6. The predicted molar refractivity (Wildman–Crippen MR) is 150 cm³/mol. The topological polar surface area (TPSA) is 106 Å². The van der Waals surface area contributed by atoms with Gasteiger partial charge in [0.2, 0.25) is 0 Å². The van der Waals surface area contributed by atoms with Gasteiger partial charge < -0.3 is 15.4 Å². The van der Waals surface area contributed by atoms with E-state index >= 15 is 0 Å². The summed E-state index contributed by atoms with van der Waals surface area (Å²) in [5.74, 6) is 0.501. The minimum absolute atomic E-state index is 0.0382. The minimum Gasteiger partial charge on any atom is -0.424 e. The number of aromatic nitrogens is 5. The molecule has 6 aromatic rings. The van der Waals surface area contributed by atoms with Crippen LogP contribution in [-0.2, 0) is 6.18 Å². The van der Waals surface area contributed by atoms with Gasteiger partial charge in [0.25, 0.3) is 0 Å². The Kier molecular flexibility index (Phi) is 6.93. The maximum absolute atomic E-state index is 13.3. The Morgan fingerprint density at radius 1 is 0.810 bits per heavy atom. The van der Waals surface area contributed by atoms with Gasteiger partial charge in [0.05, 0.1) is 41.0 Å². The number of anilines is 2. The minimum atomic E-state index is -4.58. The highest BCUT2D eigenvalue weighted by Gasteiger charge is 2.31. The summed E-state index contributed by atoms with van der Waals surface area (Å²) in [4.78, 5) is 24.9. The monoisotopic (exact) mass is 567 g/mol. The maximum atomic E-state index is 13.3. The van der Waals surface area contributed by atoms with Crippen LogP contribution in [0.25, 0.3) is 27.8 Å². The number of nitrogens with zero attached hydrogens (tertiary/aromatic N) is 5. The van der Waals surface area contributed by atoms with Gasteiger partial charge in [0, 0.05) is 35.3 Å². The molecule has 0 atom stereocenters. The first-order valence-corrected chi connectivity index (χ1v) is 12.6. The summed E-state index contributed by atoms with van der Waals surface area (Å²) in [6.07, 6.45) is 4.76. The molecule has 9 nitrogen and oxygen atoms in total. The van der Waals surface area contributed by atoms with E-state index in [0.29, 0.717) is 16.9 Å². The van der Waals surface area contributed by atoms with Crippen molar-refractivity contribution in [3.8, 4) is 34.0 Å². The standard InChI is InChI=1S/C30H20F3N7O2/c31-30(32,33)21-8-11-24(20-4-3-12-34-15-20)26(14-21)39-28(41)38-22-16-35-29(36-17-22)42-23-9-6-19(7-10-23)25-18-37-40-13-2-1-5-27(25)40/h1-18H,(H2,38,39,41). The van der Waals surface area contributed by atoms with Gasteiger partial charge >= 0.3 is 18.2 Å². The highest BCUT2D eigenvalue weighted by Crippen LogP contribution is 2.36. The van der Waals surface area contributed by atoms with Crippen molar-refractivity contribution in [2.24, 2.45) is 0 Å². The van der Waals surface area contributed by atoms with Gasteiger partial charge in [-0.2, -0.15) is 18.3 Å². The number of benzene rings is 2. The fourth-order valence-corrected chi connectivity index (χ4v) is 4.28. The van der Waals surface area contributed by atoms with Crippen LogP contribution in [0.1, 0.15) is 5.56 Å². The molecule has 0 aliphatic rings. The van der Waals surface area contributed by atoms with Crippen LogP contribution in [0.4, 0.5) is 29.3 Å². The number of pyridine rings is 2. The van der Waals surface area contributed by atoms with Gasteiger partial charge in [-0.1, -0.05) is 30.3 Å². The number of amides is 2. The van der Waals surface area contributed by atoms with Crippen molar-refractivity contribution in [3.05, 3.63) is 116 Å². The third-order valence-corrected chi connectivity index (χ3v) is 6.25. The Morgan fingerprint density at radius 2 is 1.62 bits per heavy atom. The molecule has 4 heterocycles. The molecule has 6 rings (SSSR count). The van der Waals surface area contributed by atoms with Crippen LogP contribution >= 0.6 is 0 Å². The number of nitrogens with one attached hydrogen (secondary N) is 2. The first-order chi connectivity index (χ1) is 20.3. The number of fused-ring (bicyclic) bond motifs is 1. The SMILES string of the molecule is O=C(Nc1cnc(Oc2ccc(-c3cnn4ccccc34)cc2)nc1)Nc1cc(C(F)(F)F)ccc1-c1cccnc1. The molecular weight excluding hydrogens is 547 g/mol. The van der Waals surface area contributed by atoms with Crippen molar-refractivity contribution in [2.75, 3.05) is 10.6 Å². The van der Waals surface area contributed by atoms with Crippen LogP contribution in [-0.4, -0.2) is 30.6 Å². The van der Waals surface area contributed by atoms with Crippen molar-refractivity contribution in [2.45, 2.75) is 6.18 Å². The summed E-state index contributed by atoms with van der Waals surface area (Å²) in [6, 6.07) is 18.9. The van der Waals surface area contributed by atoms with E-state index in [9.17, 15) is 18.0 Å². The molecule has 0 aliphatic carbocycles. The molecule has 0 unspecified atom stereocenters. The molecular formula is C30H20F3N7O2. The van der Waals surface area contributed by atoms with Gasteiger partial charge in [-0.15, -0.1) is 0 Å². The molecule has 0 bridgehead atoms. The highest BCUT2D eigenvalue weighted by molar-refractivity contribution is 6.02. The van der Waals surface area contributed by atoms with E-state index in [2.05, 4.69) is 30.7 Å². The van der Waals surface area contributed by atoms with Gasteiger partial charge in [-0.25, -0.2) is 19.3 Å². The quantitative estimate of drug-likeness (QED) is 0.219. The molecule has 0 fully saturated rings. The molecule has 0 saturated heterocycles. The summed E-state index contributed by atoms with van der Waals surface area (Å²) in [7, 11) is 0. The van der Waals surface area contributed by atoms with Gasteiger partial charge in [-0.05, 0) is 48.0 Å². The number of hydrogen-bond donors (Lipinski definition) is 2. The van der Waals surface area contributed by atoms with Crippen molar-refractivity contribution in [3.63, 3.8) is 0 Å². The fraction of sp³-hybridized carbons (Fsp3) is 0.0333. The Labute approximate surface area is 236 Å². The van der Waals surface area contributed by atoms with E-state index < -0.39 is 17.8 Å². The summed E-state index contributed by atoms with van der Waals surface area (Å²) in [5, 5.41) is 9.35. The van der Waals surface area contributed by atoms with Crippen LogP contribution in [0.15, 0.2) is 110 Å². The van der Waals surface area contributed by atoms with E-state index in [0.717, 1.165) is 28.8 Å². The second-order valence-electron chi connectivity index (χ2n) is 9.05. The Hall–Kier alpha value is -5.78. The normalized spacial score (nSPS) is 11.3. The summed E-state index contributed by atoms with van der Waals surface area (Å²) < 4.78 is 47.6. The molecule has 12 heteroatoms. The highest BCUT2D eigenvalue weighted by atomic mass is 19.4. The fourth-order valence-electron chi connectivity index (χ4n) is 4.28. The maximum Gasteiger partial charge on any atom is 0.416 e. The molecule has 0 saturated carbocycles. The second-order valence-corrected chi connectivity index (χ2v) is 9.05. The van der Waals surface area contributed by atoms with Crippen LogP contribution in [0, 0.1) is 0 Å². The average Bonchev–Trinajstić information content (AvgIpc) is 3.43. The third kappa shape index (κ3) is 5.72. The van der Waals surface area contributed by atoms with Crippen LogP contribution in [0.5, 0.6) is 11.8 Å². The largest absolute Gasteiger partial charge is 0.424 e. The van der Waals surface area contributed by atoms with Gasteiger partial charge in [-0.3, -0.25) is 4.98 Å². The second kappa shape index (κ2) is 11.0. The van der Waals surface area contributed by atoms with Crippen LogP contribution in [0.3, 0.4) is 0 Å². The summed E-state index contributed by atoms with van der Waals surface area (Å²) in [6.45, 7) is 0. The summed E-state index contributed by atoms with van der Waals surface area (Å²) >= 11 is 0. The van der Waals surface area contributed by atoms with E-state index in [1.165, 1.54) is 24.7 Å². The number of halogens is 3.